The SMILES string of the molecule is CCc1ccc(CC(NC)c2sccc2OC)cc1. The molecule has 1 unspecified atom stereocenters. The lowest BCUT2D eigenvalue weighted by atomic mass is 10.0. The fourth-order valence-electron chi connectivity index (χ4n) is 2.20. The molecule has 0 saturated heterocycles. The molecule has 1 aromatic heterocycles. The molecule has 0 bridgehead atoms. The smallest absolute Gasteiger partial charge is 0.134 e. The van der Waals surface area contributed by atoms with E-state index in [-0.39, 0.29) is 0 Å². The van der Waals surface area contributed by atoms with Gasteiger partial charge in [0.15, 0.2) is 0 Å². The summed E-state index contributed by atoms with van der Waals surface area (Å²) < 4.78 is 5.41. The maximum atomic E-state index is 5.41. The molecular formula is C16H21NOS. The summed E-state index contributed by atoms with van der Waals surface area (Å²) in [4.78, 5) is 1.27. The lowest BCUT2D eigenvalue weighted by Crippen LogP contribution is -2.18. The van der Waals surface area contributed by atoms with E-state index >= 15 is 0 Å². The first-order valence-electron chi connectivity index (χ1n) is 6.65. The van der Waals surface area contributed by atoms with E-state index in [4.69, 9.17) is 4.74 Å². The highest BCUT2D eigenvalue weighted by Crippen LogP contribution is 2.32. The van der Waals surface area contributed by atoms with Gasteiger partial charge < -0.3 is 10.1 Å². The molecule has 0 aliphatic heterocycles. The van der Waals surface area contributed by atoms with Crippen molar-refractivity contribution in [2.45, 2.75) is 25.8 Å². The molecule has 2 rings (SSSR count). The summed E-state index contributed by atoms with van der Waals surface area (Å²) in [7, 11) is 3.73. The van der Waals surface area contributed by atoms with Crippen LogP contribution in [0.5, 0.6) is 5.75 Å². The highest BCUT2D eigenvalue weighted by atomic mass is 32.1. The number of hydrogen-bond donors (Lipinski definition) is 1. The Morgan fingerprint density at radius 3 is 2.42 bits per heavy atom. The van der Waals surface area contributed by atoms with Crippen molar-refractivity contribution >= 4 is 11.3 Å². The zero-order valence-electron chi connectivity index (χ0n) is 11.8. The second-order valence-electron chi connectivity index (χ2n) is 4.57. The van der Waals surface area contributed by atoms with Crippen LogP contribution < -0.4 is 10.1 Å². The summed E-state index contributed by atoms with van der Waals surface area (Å²) in [6, 6.07) is 11.2. The third-order valence-electron chi connectivity index (χ3n) is 3.41. The Labute approximate surface area is 119 Å². The number of aryl methyl sites for hydroxylation is 1. The summed E-state index contributed by atoms with van der Waals surface area (Å²) in [5.74, 6) is 0.981. The average molecular weight is 275 g/mol. The molecule has 0 aliphatic rings. The number of likely N-dealkylation sites (N-methyl/N-ethyl adjacent to an activating group) is 1. The number of methoxy groups -OCH3 is 1. The van der Waals surface area contributed by atoms with E-state index in [1.54, 1.807) is 18.4 Å². The van der Waals surface area contributed by atoms with Crippen LogP contribution >= 0.6 is 11.3 Å². The minimum absolute atomic E-state index is 0.308. The van der Waals surface area contributed by atoms with E-state index in [1.807, 2.05) is 13.1 Å². The van der Waals surface area contributed by atoms with Crippen molar-refractivity contribution in [1.82, 2.24) is 5.32 Å². The van der Waals surface area contributed by atoms with Crippen molar-refractivity contribution in [2.24, 2.45) is 0 Å². The monoisotopic (exact) mass is 275 g/mol. The highest BCUT2D eigenvalue weighted by Gasteiger charge is 2.16. The minimum Gasteiger partial charge on any atom is -0.496 e. The quantitative estimate of drug-likeness (QED) is 0.865. The zero-order valence-corrected chi connectivity index (χ0v) is 12.6. The van der Waals surface area contributed by atoms with E-state index in [2.05, 4.69) is 41.9 Å². The summed E-state index contributed by atoms with van der Waals surface area (Å²) in [6.07, 6.45) is 2.08. The molecule has 1 heterocycles. The van der Waals surface area contributed by atoms with Gasteiger partial charge in [0.25, 0.3) is 0 Å². The van der Waals surface area contributed by atoms with Gasteiger partial charge in [-0.05, 0) is 42.5 Å². The Bertz CT molecular complexity index is 504. The standard InChI is InChI=1S/C16H21NOS/c1-4-12-5-7-13(8-6-12)11-14(17-2)16-15(18-3)9-10-19-16/h5-10,14,17H,4,11H2,1-3H3. The van der Waals surface area contributed by atoms with Crippen molar-refractivity contribution in [3.63, 3.8) is 0 Å². The fraction of sp³-hybridized carbons (Fsp3) is 0.375. The van der Waals surface area contributed by atoms with Crippen LogP contribution in [0.3, 0.4) is 0 Å². The second-order valence-corrected chi connectivity index (χ2v) is 5.52. The normalized spacial score (nSPS) is 12.4. The summed E-state index contributed by atoms with van der Waals surface area (Å²) in [6.45, 7) is 2.18. The number of ether oxygens (including phenoxy) is 1. The van der Waals surface area contributed by atoms with Gasteiger partial charge in [-0.1, -0.05) is 31.2 Å². The molecule has 1 atom stereocenters. The molecule has 3 heteroatoms. The van der Waals surface area contributed by atoms with Crippen LogP contribution in [-0.2, 0) is 12.8 Å². The van der Waals surface area contributed by atoms with Gasteiger partial charge in [-0.3, -0.25) is 0 Å². The summed E-state index contributed by atoms with van der Waals surface area (Å²) >= 11 is 1.75. The zero-order chi connectivity index (χ0) is 13.7. The first-order valence-corrected chi connectivity index (χ1v) is 7.53. The topological polar surface area (TPSA) is 21.3 Å². The van der Waals surface area contributed by atoms with Gasteiger partial charge in [-0.15, -0.1) is 11.3 Å². The molecule has 1 aromatic carbocycles. The van der Waals surface area contributed by atoms with Crippen LogP contribution in [0.25, 0.3) is 0 Å². The van der Waals surface area contributed by atoms with Gasteiger partial charge in [-0.25, -0.2) is 0 Å². The van der Waals surface area contributed by atoms with Crippen LogP contribution in [0.2, 0.25) is 0 Å². The Morgan fingerprint density at radius 2 is 1.84 bits per heavy atom. The molecule has 0 fully saturated rings. The highest BCUT2D eigenvalue weighted by molar-refractivity contribution is 7.10. The van der Waals surface area contributed by atoms with Gasteiger partial charge in [0, 0.05) is 6.04 Å². The first-order chi connectivity index (χ1) is 9.28. The maximum Gasteiger partial charge on any atom is 0.134 e. The van der Waals surface area contributed by atoms with Crippen LogP contribution in [0, 0.1) is 0 Å². The third kappa shape index (κ3) is 3.37. The first kappa shape index (κ1) is 14.1. The Morgan fingerprint density at radius 1 is 1.16 bits per heavy atom. The molecule has 19 heavy (non-hydrogen) atoms. The van der Waals surface area contributed by atoms with Gasteiger partial charge in [-0.2, -0.15) is 0 Å². The second kappa shape index (κ2) is 6.73. The summed E-state index contributed by atoms with van der Waals surface area (Å²) in [5.41, 5.74) is 2.74. The van der Waals surface area contributed by atoms with E-state index in [0.29, 0.717) is 6.04 Å². The fourth-order valence-corrected chi connectivity index (χ4v) is 3.18. The van der Waals surface area contributed by atoms with Crippen molar-refractivity contribution in [3.05, 3.63) is 51.7 Å². The number of nitrogens with one attached hydrogen (secondary N) is 1. The lowest BCUT2D eigenvalue weighted by molar-refractivity contribution is 0.405. The molecule has 0 spiro atoms. The number of hydrogen-bond acceptors (Lipinski definition) is 3. The maximum absolute atomic E-state index is 5.41. The van der Waals surface area contributed by atoms with Gasteiger partial charge >= 0.3 is 0 Å². The predicted molar refractivity (Wildman–Crippen MR) is 82.2 cm³/mol. The van der Waals surface area contributed by atoms with Gasteiger partial charge in [0.05, 0.1) is 12.0 Å². The molecule has 2 nitrogen and oxygen atoms in total. The van der Waals surface area contributed by atoms with E-state index in [0.717, 1.165) is 18.6 Å². The largest absolute Gasteiger partial charge is 0.496 e. The van der Waals surface area contributed by atoms with Crippen molar-refractivity contribution in [1.29, 1.82) is 0 Å². The molecular weight excluding hydrogens is 254 g/mol. The minimum atomic E-state index is 0.308. The molecule has 0 aliphatic carbocycles. The molecule has 0 radical (unpaired) electrons. The van der Waals surface area contributed by atoms with Gasteiger partial charge in [0.1, 0.15) is 5.75 Å². The van der Waals surface area contributed by atoms with Crippen molar-refractivity contribution in [3.8, 4) is 5.75 Å². The lowest BCUT2D eigenvalue weighted by Gasteiger charge is -2.16. The third-order valence-corrected chi connectivity index (χ3v) is 4.42. The number of rotatable bonds is 6. The Kier molecular flexibility index (Phi) is 5.00. The van der Waals surface area contributed by atoms with E-state index in [1.165, 1.54) is 16.0 Å². The summed E-state index contributed by atoms with van der Waals surface area (Å²) in [5, 5.41) is 5.47. The molecule has 2 aromatic rings. The van der Waals surface area contributed by atoms with Crippen molar-refractivity contribution in [2.75, 3.05) is 14.2 Å². The van der Waals surface area contributed by atoms with Crippen LogP contribution in [0.1, 0.15) is 29.0 Å². The van der Waals surface area contributed by atoms with Crippen LogP contribution in [0.4, 0.5) is 0 Å². The Balaban J connectivity index is 2.14. The number of thiophene rings is 1. The molecule has 1 N–H and O–H groups in total. The van der Waals surface area contributed by atoms with E-state index < -0.39 is 0 Å². The average Bonchev–Trinajstić information content (AvgIpc) is 2.93. The van der Waals surface area contributed by atoms with Crippen LogP contribution in [-0.4, -0.2) is 14.2 Å². The van der Waals surface area contributed by atoms with Crippen molar-refractivity contribution < 1.29 is 4.74 Å². The molecule has 0 amide bonds. The van der Waals surface area contributed by atoms with E-state index in [9.17, 15) is 0 Å². The van der Waals surface area contributed by atoms with Gasteiger partial charge in [0.2, 0.25) is 0 Å². The number of benzene rings is 1. The predicted octanol–water partition coefficient (Wildman–Crippen LogP) is 3.82. The van der Waals surface area contributed by atoms with Crippen LogP contribution in [0.15, 0.2) is 35.7 Å². The molecule has 0 saturated carbocycles. The molecule has 102 valence electrons. The Hall–Kier alpha value is -1.32.